The van der Waals surface area contributed by atoms with Crippen molar-refractivity contribution in [2.45, 2.75) is 18.6 Å². The summed E-state index contributed by atoms with van der Waals surface area (Å²) in [5.41, 5.74) is 1.56. The third-order valence-corrected chi connectivity index (χ3v) is 5.18. The third-order valence-electron chi connectivity index (χ3n) is 4.89. The van der Waals surface area contributed by atoms with Gasteiger partial charge < -0.3 is 9.47 Å². The SMILES string of the molecule is Fc1cccc(F)c1C1=NC(c2ccc(-c3ccc(OC(F)(F)C(F)F)c(Cl)c3)cc2)CO1. The molecule has 33 heavy (non-hydrogen) atoms. The number of halogens is 7. The number of benzene rings is 3. The Morgan fingerprint density at radius 2 is 1.61 bits per heavy atom. The third kappa shape index (κ3) is 4.78. The number of rotatable bonds is 6. The second kappa shape index (κ2) is 8.97. The van der Waals surface area contributed by atoms with Gasteiger partial charge in [0.25, 0.3) is 0 Å². The summed E-state index contributed by atoms with van der Waals surface area (Å²) in [6.07, 6.45) is -8.67. The van der Waals surface area contributed by atoms with Crippen LogP contribution in [0.25, 0.3) is 11.1 Å². The van der Waals surface area contributed by atoms with Gasteiger partial charge in [-0.3, -0.25) is 0 Å². The van der Waals surface area contributed by atoms with E-state index in [2.05, 4.69) is 9.73 Å². The molecule has 3 nitrogen and oxygen atoms in total. The van der Waals surface area contributed by atoms with Crippen molar-refractivity contribution in [3.8, 4) is 16.9 Å². The minimum Gasteiger partial charge on any atom is -0.475 e. The zero-order chi connectivity index (χ0) is 23.8. The molecule has 0 bridgehead atoms. The molecule has 0 saturated heterocycles. The van der Waals surface area contributed by atoms with Crippen molar-refractivity contribution in [2.24, 2.45) is 4.99 Å². The molecule has 0 radical (unpaired) electrons. The van der Waals surface area contributed by atoms with Crippen molar-refractivity contribution >= 4 is 17.5 Å². The van der Waals surface area contributed by atoms with Gasteiger partial charge in [0.05, 0.1) is 5.02 Å². The fraction of sp³-hybridized carbons (Fsp3) is 0.174. The fourth-order valence-electron chi connectivity index (χ4n) is 3.24. The lowest BCUT2D eigenvalue weighted by molar-refractivity contribution is -0.253. The van der Waals surface area contributed by atoms with E-state index in [-0.39, 0.29) is 23.1 Å². The Hall–Kier alpha value is -3.20. The van der Waals surface area contributed by atoms with E-state index in [1.54, 1.807) is 24.3 Å². The number of alkyl halides is 4. The van der Waals surface area contributed by atoms with Crippen molar-refractivity contribution in [2.75, 3.05) is 6.61 Å². The highest BCUT2D eigenvalue weighted by Crippen LogP contribution is 2.36. The van der Waals surface area contributed by atoms with Crippen LogP contribution in [-0.4, -0.2) is 25.0 Å². The summed E-state index contributed by atoms with van der Waals surface area (Å²) >= 11 is 5.93. The molecular formula is C23H14ClF6NO2. The number of nitrogens with zero attached hydrogens (tertiary/aromatic N) is 1. The maximum absolute atomic E-state index is 14.0. The van der Waals surface area contributed by atoms with Gasteiger partial charge in [-0.1, -0.05) is 48.0 Å². The van der Waals surface area contributed by atoms with E-state index >= 15 is 0 Å². The first kappa shape index (κ1) is 23.0. The molecule has 4 rings (SSSR count). The average Bonchev–Trinajstić information content (AvgIpc) is 3.25. The molecule has 3 aromatic rings. The van der Waals surface area contributed by atoms with Crippen LogP contribution in [0.1, 0.15) is 17.2 Å². The molecule has 0 spiro atoms. The number of hydrogen-bond acceptors (Lipinski definition) is 3. The zero-order valence-corrected chi connectivity index (χ0v) is 17.3. The van der Waals surface area contributed by atoms with Crippen LogP contribution in [0.2, 0.25) is 5.02 Å². The Morgan fingerprint density at radius 1 is 0.970 bits per heavy atom. The van der Waals surface area contributed by atoms with E-state index < -0.39 is 36.0 Å². The molecule has 10 heteroatoms. The van der Waals surface area contributed by atoms with Crippen LogP contribution in [-0.2, 0) is 4.74 Å². The molecule has 1 unspecified atom stereocenters. The summed E-state index contributed by atoms with van der Waals surface area (Å²) in [6.45, 7) is 0.0959. The number of ether oxygens (including phenoxy) is 2. The lowest BCUT2D eigenvalue weighted by Gasteiger charge is -2.18. The van der Waals surface area contributed by atoms with Crippen LogP contribution >= 0.6 is 11.6 Å². The van der Waals surface area contributed by atoms with Crippen LogP contribution in [0.15, 0.2) is 65.7 Å². The van der Waals surface area contributed by atoms with Gasteiger partial charge in [0, 0.05) is 0 Å². The van der Waals surface area contributed by atoms with Gasteiger partial charge in [0.15, 0.2) is 0 Å². The molecule has 1 heterocycles. The number of aliphatic imine (C=N–C) groups is 1. The first-order chi connectivity index (χ1) is 15.7. The zero-order valence-electron chi connectivity index (χ0n) is 16.5. The first-order valence-corrected chi connectivity index (χ1v) is 9.93. The summed E-state index contributed by atoms with van der Waals surface area (Å²) in [7, 11) is 0. The van der Waals surface area contributed by atoms with Crippen molar-refractivity contribution < 1.29 is 35.8 Å². The van der Waals surface area contributed by atoms with Gasteiger partial charge in [-0.25, -0.2) is 13.8 Å². The minimum atomic E-state index is -4.67. The van der Waals surface area contributed by atoms with E-state index in [1.165, 1.54) is 18.2 Å². The molecule has 0 amide bonds. The molecule has 3 aromatic carbocycles. The molecule has 0 N–H and O–H groups in total. The van der Waals surface area contributed by atoms with Crippen LogP contribution < -0.4 is 4.74 Å². The Morgan fingerprint density at radius 3 is 2.21 bits per heavy atom. The van der Waals surface area contributed by atoms with Crippen molar-refractivity contribution in [1.82, 2.24) is 0 Å². The van der Waals surface area contributed by atoms with Gasteiger partial charge in [-0.05, 0) is 41.0 Å². The van der Waals surface area contributed by atoms with Gasteiger partial charge in [0.1, 0.15) is 35.6 Å². The van der Waals surface area contributed by atoms with Crippen LogP contribution in [0, 0.1) is 11.6 Å². The van der Waals surface area contributed by atoms with Crippen molar-refractivity contribution in [3.05, 3.63) is 88.4 Å². The van der Waals surface area contributed by atoms with Gasteiger partial charge in [-0.15, -0.1) is 0 Å². The minimum absolute atomic E-state index is 0.0959. The second-order valence-corrected chi connectivity index (χ2v) is 7.50. The summed E-state index contributed by atoms with van der Waals surface area (Å²) in [4.78, 5) is 4.27. The lowest BCUT2D eigenvalue weighted by Crippen LogP contribution is -2.33. The Kier molecular flexibility index (Phi) is 6.25. The van der Waals surface area contributed by atoms with E-state index in [9.17, 15) is 26.3 Å². The topological polar surface area (TPSA) is 30.8 Å². The summed E-state index contributed by atoms with van der Waals surface area (Å²) in [5.74, 6) is -2.25. The highest BCUT2D eigenvalue weighted by molar-refractivity contribution is 6.32. The second-order valence-electron chi connectivity index (χ2n) is 7.09. The predicted molar refractivity (Wildman–Crippen MR) is 110 cm³/mol. The Bertz CT molecular complexity index is 1180. The lowest BCUT2D eigenvalue weighted by atomic mass is 10.0. The highest BCUT2D eigenvalue weighted by Gasteiger charge is 2.44. The van der Waals surface area contributed by atoms with Crippen LogP contribution in [0.5, 0.6) is 5.75 Å². The van der Waals surface area contributed by atoms with E-state index in [4.69, 9.17) is 16.3 Å². The molecule has 172 valence electrons. The standard InChI is InChI=1S/C23H14ClF6NO2/c24-15-10-14(8-9-19(15)33-23(29,30)22(27)28)12-4-6-13(7-5-12)18-11-32-21(31-18)20-16(25)2-1-3-17(20)26/h1-10,18,22H,11H2. The molecule has 0 aliphatic carbocycles. The summed E-state index contributed by atoms with van der Waals surface area (Å²) in [5, 5.41) is -0.262. The quantitative estimate of drug-likeness (QED) is 0.351. The summed E-state index contributed by atoms with van der Waals surface area (Å²) < 4.78 is 88.2. The predicted octanol–water partition coefficient (Wildman–Crippen LogP) is 7.04. The molecule has 1 aliphatic rings. The molecule has 0 saturated carbocycles. The fourth-order valence-corrected chi connectivity index (χ4v) is 3.45. The largest absolute Gasteiger partial charge is 0.475 e. The van der Waals surface area contributed by atoms with Gasteiger partial charge >= 0.3 is 12.5 Å². The summed E-state index contributed by atoms with van der Waals surface area (Å²) in [6, 6.07) is 13.6. The Labute approximate surface area is 189 Å². The van der Waals surface area contributed by atoms with E-state index in [1.807, 2.05) is 0 Å². The maximum Gasteiger partial charge on any atom is 0.461 e. The van der Waals surface area contributed by atoms with Crippen molar-refractivity contribution in [3.63, 3.8) is 0 Å². The molecule has 1 atom stereocenters. The number of hydrogen-bond donors (Lipinski definition) is 0. The first-order valence-electron chi connectivity index (χ1n) is 9.55. The van der Waals surface area contributed by atoms with Crippen LogP contribution in [0.4, 0.5) is 26.3 Å². The monoisotopic (exact) mass is 485 g/mol. The normalized spacial score (nSPS) is 16.0. The Balaban J connectivity index is 1.52. The van der Waals surface area contributed by atoms with Gasteiger partial charge in [0.2, 0.25) is 5.90 Å². The molecule has 1 aliphatic heterocycles. The van der Waals surface area contributed by atoms with E-state index in [0.717, 1.165) is 18.2 Å². The molecular weight excluding hydrogens is 472 g/mol. The van der Waals surface area contributed by atoms with Crippen molar-refractivity contribution in [1.29, 1.82) is 0 Å². The average molecular weight is 486 g/mol. The maximum atomic E-state index is 14.0. The van der Waals surface area contributed by atoms with E-state index in [0.29, 0.717) is 16.7 Å². The molecule has 0 aromatic heterocycles. The molecule has 0 fully saturated rings. The van der Waals surface area contributed by atoms with Crippen LogP contribution in [0.3, 0.4) is 0 Å². The van der Waals surface area contributed by atoms with Gasteiger partial charge in [-0.2, -0.15) is 17.6 Å². The highest BCUT2D eigenvalue weighted by atomic mass is 35.5. The smallest absolute Gasteiger partial charge is 0.461 e.